The minimum absolute atomic E-state index is 0.217. The molecule has 0 saturated carbocycles. The second-order valence-corrected chi connectivity index (χ2v) is 16.5. The second-order valence-electron chi connectivity index (χ2n) is 16.5. The third-order valence-corrected chi connectivity index (χ3v) is 9.09. The monoisotopic (exact) mass is 1140 g/mol. The van der Waals surface area contributed by atoms with Gasteiger partial charge in [-0.25, -0.2) is 0 Å². The number of nitrogens with one attached hydrogen (secondary N) is 9. The van der Waals surface area contributed by atoms with E-state index in [0.29, 0.717) is 25.8 Å². The molecule has 2 aliphatic heterocycles. The number of nitrogens with two attached hydrogens (primary N) is 2. The molecule has 0 spiro atoms. The van der Waals surface area contributed by atoms with Crippen molar-refractivity contribution in [2.75, 3.05) is 52.4 Å². The quantitative estimate of drug-likeness (QED) is 0.0611. The zero-order valence-electron chi connectivity index (χ0n) is 50.7. The Balaban J connectivity index is -0.000000386. The molecule has 2 heterocycles. The first kappa shape index (κ1) is 86.4. The van der Waals surface area contributed by atoms with Crippen molar-refractivity contribution >= 4 is 71.0 Å². The van der Waals surface area contributed by atoms with Crippen LogP contribution < -0.4 is 59.3 Å². The summed E-state index contributed by atoms with van der Waals surface area (Å²) in [6.07, 6.45) is 2.56. The number of carbonyl (C=O) groups excluding carboxylic acids is 10. The summed E-state index contributed by atoms with van der Waals surface area (Å²) in [5.41, 5.74) is 10.3. The van der Waals surface area contributed by atoms with E-state index in [9.17, 15) is 57.8 Å². The number of hydrogen-bond acceptors (Lipinski definition) is 15. The van der Waals surface area contributed by atoms with Crippen molar-refractivity contribution in [3.05, 3.63) is 0 Å². The smallest absolute Gasteiger partial charge is 0.322 e. The summed E-state index contributed by atoms with van der Waals surface area (Å²) in [7, 11) is 0. The first-order valence-corrected chi connectivity index (χ1v) is 27.6. The van der Waals surface area contributed by atoms with E-state index in [4.69, 9.17) is 26.5 Å². The van der Waals surface area contributed by atoms with Crippen molar-refractivity contribution in [1.29, 1.82) is 0 Å². The lowest BCUT2D eigenvalue weighted by Gasteiger charge is -2.24. The van der Waals surface area contributed by atoms with Gasteiger partial charge in [-0.05, 0) is 71.4 Å². The molecule has 2 saturated heterocycles. The van der Waals surface area contributed by atoms with Crippen molar-refractivity contribution in [3.63, 3.8) is 0 Å². The summed E-state index contributed by atoms with van der Waals surface area (Å²) in [5, 5.41) is 47.6. The van der Waals surface area contributed by atoms with Crippen LogP contribution in [0.25, 0.3) is 0 Å². The minimum atomic E-state index is -1.61. The third kappa shape index (κ3) is 50.8. The van der Waals surface area contributed by atoms with Gasteiger partial charge in [-0.2, -0.15) is 0 Å². The second kappa shape index (κ2) is 57.7. The third-order valence-electron chi connectivity index (χ3n) is 9.09. The van der Waals surface area contributed by atoms with Crippen LogP contribution in [0.4, 0.5) is 0 Å². The number of carbonyl (C=O) groups is 12. The number of hydrogen-bond donors (Lipinski definition) is 14. The zero-order chi connectivity index (χ0) is 63.2. The Morgan fingerprint density at radius 3 is 1.51 bits per heavy atom. The summed E-state index contributed by atoms with van der Waals surface area (Å²) >= 11 is 0. The molecule has 6 atom stereocenters. The van der Waals surface area contributed by atoms with E-state index in [1.807, 2.05) is 69.2 Å². The number of aliphatic hydroxyl groups excluding tert-OH is 1. The summed E-state index contributed by atoms with van der Waals surface area (Å²) < 4.78 is 0. The van der Waals surface area contributed by atoms with Gasteiger partial charge in [0, 0.05) is 19.9 Å². The molecule has 0 aromatic carbocycles. The van der Waals surface area contributed by atoms with Crippen molar-refractivity contribution < 1.29 is 72.9 Å². The van der Waals surface area contributed by atoms with Crippen LogP contribution in [0.15, 0.2) is 0 Å². The topological polar surface area (TPSA) is 429 Å². The predicted octanol–water partition coefficient (Wildman–Crippen LogP) is 0.145. The number of likely N-dealkylation sites (tertiary alicyclic amines) is 1. The highest BCUT2D eigenvalue weighted by Gasteiger charge is 2.34. The largest absolute Gasteiger partial charge is 0.481 e. The fourth-order valence-corrected chi connectivity index (χ4v) is 5.80. The Bertz CT molecular complexity index is 1710. The lowest BCUT2D eigenvalue weighted by Crippen LogP contribution is -2.57. The molecular formula is C52H106N12O15. The van der Waals surface area contributed by atoms with E-state index in [0.717, 1.165) is 25.8 Å². The average molecular weight is 1140 g/mol. The predicted molar refractivity (Wildman–Crippen MR) is 305 cm³/mol. The maximum absolute atomic E-state index is 12.8. The number of rotatable bonds is 24. The highest BCUT2D eigenvalue weighted by Crippen LogP contribution is 2.17. The number of unbranched alkanes of at least 4 members (excludes halogenated alkanes) is 1. The zero-order valence-corrected chi connectivity index (χ0v) is 50.7. The van der Waals surface area contributed by atoms with E-state index in [-0.39, 0.29) is 19.4 Å². The molecule has 0 aromatic heterocycles. The molecule has 2 fully saturated rings. The first-order chi connectivity index (χ1) is 37.3. The molecule has 27 nitrogen and oxygen atoms in total. The number of aliphatic hydroxyl groups is 1. The van der Waals surface area contributed by atoms with Gasteiger partial charge in [0.15, 0.2) is 0 Å². The highest BCUT2D eigenvalue weighted by atomic mass is 16.4. The summed E-state index contributed by atoms with van der Waals surface area (Å²) in [4.78, 5) is 145. The maximum Gasteiger partial charge on any atom is 0.322 e. The molecule has 6 unspecified atom stereocenters. The van der Waals surface area contributed by atoms with Crippen LogP contribution in [0.3, 0.4) is 0 Å². The molecule has 10 amide bonds. The molecule has 27 heteroatoms. The molecule has 16 N–H and O–H groups in total. The Morgan fingerprint density at radius 1 is 0.620 bits per heavy atom. The maximum atomic E-state index is 12.8. The van der Waals surface area contributed by atoms with Crippen LogP contribution in [0.2, 0.25) is 0 Å². The lowest BCUT2D eigenvalue weighted by molar-refractivity contribution is -0.141. The van der Waals surface area contributed by atoms with Crippen molar-refractivity contribution in [3.8, 4) is 0 Å². The normalized spacial score (nSPS) is 14.6. The Kier molecular flexibility index (Phi) is 63.1. The van der Waals surface area contributed by atoms with Crippen molar-refractivity contribution in [2.45, 2.75) is 205 Å². The number of primary amides is 1. The number of carboxylic acids is 2. The van der Waals surface area contributed by atoms with E-state index >= 15 is 0 Å². The fourth-order valence-electron chi connectivity index (χ4n) is 5.80. The molecule has 464 valence electrons. The van der Waals surface area contributed by atoms with Crippen LogP contribution >= 0.6 is 0 Å². The first-order valence-electron chi connectivity index (χ1n) is 27.6. The van der Waals surface area contributed by atoms with Crippen LogP contribution in [0.1, 0.15) is 169 Å². The van der Waals surface area contributed by atoms with Gasteiger partial charge in [0.1, 0.15) is 30.7 Å². The van der Waals surface area contributed by atoms with Gasteiger partial charge in [0.25, 0.3) is 5.97 Å². The Labute approximate surface area is 470 Å². The number of carboxylic acid groups (broad SMARTS) is 2. The van der Waals surface area contributed by atoms with E-state index < -0.39 is 140 Å². The minimum Gasteiger partial charge on any atom is -0.481 e. The van der Waals surface area contributed by atoms with E-state index in [1.54, 1.807) is 0 Å². The molecule has 0 bridgehead atoms. The highest BCUT2D eigenvalue weighted by molar-refractivity contribution is 5.96. The standard InChI is InChI=1S/C32H51N11O13.C4H11N.C4H10.C2H4O2.5C2H6/c1-16(28(52)38-14-25(49)43-10-4-6-20(43)31(55)39-15-26(50)51)40-22(46)11-37-32(56)27(17(2)44)42-24(48)13-36-30(54)19(7-8-21(33)45)41-23(47)12-35-29(53)18-5-3-9-34-18;1-2-3-4-5;1-4(2)3;1-2(3)4;5*1-2/h16-20,27,34,44H,3-15H2,1-2H3,(H2,33,45)(H,35,53)(H,36,54)(H,37,56)(H,38,52)(H,39,55)(H,40,46)(H,41,47)(H,42,48)(H,50,51);2-5H2,1H3;4H,1-3H3;1H3,(H,3,4);5*1-2H3. The van der Waals surface area contributed by atoms with Gasteiger partial charge >= 0.3 is 5.97 Å². The van der Waals surface area contributed by atoms with Crippen molar-refractivity contribution in [2.24, 2.45) is 17.4 Å². The SMILES string of the molecule is CC.CC.CC.CC.CC.CC(=O)O.CC(C)C.CC(NC(=O)CNC(=O)C(NC(=O)CNC(=O)C(CCC(N)=O)NC(=O)CNC(=O)C1CCCN1)C(C)O)C(=O)NCC(=O)N1CCCC1C(=O)NCC(=O)O.CCCCN. The lowest BCUT2D eigenvalue weighted by atomic mass is 10.1. The summed E-state index contributed by atoms with van der Waals surface area (Å²) in [6, 6.07) is -5.47. The van der Waals surface area contributed by atoms with Gasteiger partial charge in [-0.3, -0.25) is 57.5 Å². The molecule has 2 rings (SSSR count). The number of aliphatic carboxylic acids is 2. The number of nitrogens with zero attached hydrogens (tertiary/aromatic N) is 1. The number of amides is 10. The summed E-state index contributed by atoms with van der Waals surface area (Å²) in [6.45, 7) is 30.9. The molecule has 0 aromatic rings. The van der Waals surface area contributed by atoms with Crippen molar-refractivity contribution in [1.82, 2.24) is 52.8 Å². The molecular weight excluding hydrogens is 1030 g/mol. The van der Waals surface area contributed by atoms with Crippen LogP contribution in [-0.2, 0) is 57.5 Å². The molecule has 0 aliphatic carbocycles. The van der Waals surface area contributed by atoms with Crippen LogP contribution in [0.5, 0.6) is 0 Å². The average Bonchev–Trinajstić information content (AvgIpc) is 4.15. The van der Waals surface area contributed by atoms with Gasteiger partial charge in [0.05, 0.1) is 38.3 Å². The fraction of sp³-hybridized carbons (Fsp3) is 0.769. The van der Waals surface area contributed by atoms with Gasteiger partial charge < -0.3 is 79.5 Å². The summed E-state index contributed by atoms with van der Waals surface area (Å²) in [5.74, 6) is -8.90. The van der Waals surface area contributed by atoms with E-state index in [1.165, 1.54) is 31.6 Å². The molecule has 0 radical (unpaired) electrons. The Morgan fingerprint density at radius 2 is 1.08 bits per heavy atom. The van der Waals surface area contributed by atoms with Gasteiger partial charge in [0.2, 0.25) is 59.1 Å². The Hall–Kier alpha value is -6.48. The van der Waals surface area contributed by atoms with Gasteiger partial charge in [-0.1, -0.05) is 103 Å². The van der Waals surface area contributed by atoms with E-state index in [2.05, 4.69) is 75.5 Å². The van der Waals surface area contributed by atoms with Crippen LogP contribution in [0, 0.1) is 5.92 Å². The van der Waals surface area contributed by atoms with Crippen LogP contribution in [-0.4, -0.2) is 180 Å². The molecule has 2 aliphatic rings. The van der Waals surface area contributed by atoms with Gasteiger partial charge in [-0.15, -0.1) is 0 Å². The molecule has 79 heavy (non-hydrogen) atoms.